The number of benzene rings is 2. The van der Waals surface area contributed by atoms with Gasteiger partial charge in [0.25, 0.3) is 5.91 Å². The lowest BCUT2D eigenvalue weighted by molar-refractivity contribution is 0.0735. The topological polar surface area (TPSA) is 20.3 Å². The molecule has 0 N–H and O–H groups in total. The van der Waals surface area contributed by atoms with Crippen LogP contribution in [0.2, 0.25) is 0 Å². The molecular weight excluding hydrogens is 272 g/mol. The predicted molar refractivity (Wildman–Crippen MR) is 75.8 cm³/mol. The maximum atomic E-state index is 13.0. The zero-order valence-electron chi connectivity index (χ0n) is 11.4. The molecule has 0 spiro atoms. The van der Waals surface area contributed by atoms with Crippen LogP contribution in [0.1, 0.15) is 34.8 Å². The van der Waals surface area contributed by atoms with E-state index in [0.29, 0.717) is 12.1 Å². The summed E-state index contributed by atoms with van der Waals surface area (Å²) in [6.45, 7) is 0.665. The summed E-state index contributed by atoms with van der Waals surface area (Å²) in [4.78, 5) is 14.3. The molecule has 21 heavy (non-hydrogen) atoms. The molecule has 0 saturated carbocycles. The van der Waals surface area contributed by atoms with E-state index in [1.54, 1.807) is 17.0 Å². The summed E-state index contributed by atoms with van der Waals surface area (Å²) in [7, 11) is 0. The summed E-state index contributed by atoms with van der Waals surface area (Å²) in [5.74, 6) is -0.752. The Hall–Kier alpha value is -2.23. The van der Waals surface area contributed by atoms with Gasteiger partial charge in [-0.1, -0.05) is 12.1 Å². The van der Waals surface area contributed by atoms with Crippen LogP contribution in [0.25, 0.3) is 0 Å². The van der Waals surface area contributed by atoms with E-state index in [2.05, 4.69) is 0 Å². The molecule has 0 radical (unpaired) electrons. The van der Waals surface area contributed by atoms with E-state index in [0.717, 1.165) is 18.4 Å². The van der Waals surface area contributed by atoms with Crippen LogP contribution in [0.15, 0.2) is 48.5 Å². The molecule has 1 heterocycles. The van der Waals surface area contributed by atoms with Crippen LogP contribution in [0.3, 0.4) is 0 Å². The van der Waals surface area contributed by atoms with Crippen molar-refractivity contribution in [1.82, 2.24) is 4.90 Å². The third kappa shape index (κ3) is 2.79. The fraction of sp³-hybridized carbons (Fsp3) is 0.235. The number of halogens is 2. The van der Waals surface area contributed by atoms with Gasteiger partial charge < -0.3 is 4.90 Å². The monoisotopic (exact) mass is 287 g/mol. The second-order valence-corrected chi connectivity index (χ2v) is 5.22. The average Bonchev–Trinajstić information content (AvgIpc) is 2.97. The maximum absolute atomic E-state index is 13.0. The first-order valence-electron chi connectivity index (χ1n) is 6.97. The highest BCUT2D eigenvalue weighted by atomic mass is 19.1. The van der Waals surface area contributed by atoms with Gasteiger partial charge in [-0.15, -0.1) is 0 Å². The number of likely N-dealkylation sites (tertiary alicyclic amines) is 1. The number of hydrogen-bond donors (Lipinski definition) is 0. The Labute approximate surface area is 122 Å². The molecule has 0 bridgehead atoms. The van der Waals surface area contributed by atoms with Crippen LogP contribution < -0.4 is 0 Å². The molecular formula is C17H15F2NO. The lowest BCUT2D eigenvalue weighted by Gasteiger charge is -2.25. The van der Waals surface area contributed by atoms with Crippen molar-refractivity contribution in [2.45, 2.75) is 18.9 Å². The number of carbonyl (C=O) groups is 1. The van der Waals surface area contributed by atoms with Gasteiger partial charge >= 0.3 is 0 Å². The number of amides is 1. The molecule has 0 aromatic heterocycles. The summed E-state index contributed by atoms with van der Waals surface area (Å²) in [5.41, 5.74) is 1.41. The predicted octanol–water partition coefficient (Wildman–Crippen LogP) is 3.94. The number of hydrogen-bond acceptors (Lipinski definition) is 1. The standard InChI is InChI=1S/C17H15F2NO/c18-14-7-3-12(4-8-14)16-2-1-11-20(16)17(21)13-5-9-15(19)10-6-13/h3-10,16H,1-2,11H2. The highest BCUT2D eigenvalue weighted by molar-refractivity contribution is 5.94. The van der Waals surface area contributed by atoms with Crippen molar-refractivity contribution in [3.8, 4) is 0 Å². The smallest absolute Gasteiger partial charge is 0.254 e. The molecule has 4 heteroatoms. The van der Waals surface area contributed by atoms with Gasteiger partial charge in [0.15, 0.2) is 0 Å². The largest absolute Gasteiger partial charge is 0.332 e. The number of rotatable bonds is 2. The third-order valence-electron chi connectivity index (χ3n) is 3.86. The van der Waals surface area contributed by atoms with Crippen molar-refractivity contribution in [3.63, 3.8) is 0 Å². The van der Waals surface area contributed by atoms with Crippen molar-refractivity contribution in [3.05, 3.63) is 71.3 Å². The molecule has 108 valence electrons. The molecule has 0 aliphatic carbocycles. The Bertz CT molecular complexity index is 637. The maximum Gasteiger partial charge on any atom is 0.254 e. The van der Waals surface area contributed by atoms with Crippen LogP contribution in [0.5, 0.6) is 0 Å². The normalized spacial score (nSPS) is 18.0. The minimum Gasteiger partial charge on any atom is -0.332 e. The molecule has 2 aromatic rings. The Kier molecular flexibility index (Phi) is 3.69. The zero-order chi connectivity index (χ0) is 14.8. The van der Waals surface area contributed by atoms with Crippen molar-refractivity contribution in [2.24, 2.45) is 0 Å². The quantitative estimate of drug-likeness (QED) is 0.819. The van der Waals surface area contributed by atoms with Gasteiger partial charge in [0, 0.05) is 12.1 Å². The molecule has 1 fully saturated rings. The van der Waals surface area contributed by atoms with Gasteiger partial charge in [-0.2, -0.15) is 0 Å². The highest BCUT2D eigenvalue weighted by Gasteiger charge is 2.30. The second-order valence-electron chi connectivity index (χ2n) is 5.22. The van der Waals surface area contributed by atoms with Crippen LogP contribution >= 0.6 is 0 Å². The van der Waals surface area contributed by atoms with Crippen LogP contribution in [-0.4, -0.2) is 17.4 Å². The molecule has 2 nitrogen and oxygen atoms in total. The summed E-state index contributed by atoms with van der Waals surface area (Å²) in [5, 5.41) is 0. The second kappa shape index (κ2) is 5.64. The summed E-state index contributed by atoms with van der Waals surface area (Å²) < 4.78 is 26.0. The van der Waals surface area contributed by atoms with Crippen molar-refractivity contribution in [1.29, 1.82) is 0 Å². The average molecular weight is 287 g/mol. The first-order chi connectivity index (χ1) is 10.1. The zero-order valence-corrected chi connectivity index (χ0v) is 11.4. The SMILES string of the molecule is O=C(c1ccc(F)cc1)N1CCCC1c1ccc(F)cc1. The van der Waals surface area contributed by atoms with Gasteiger partial charge in [0.1, 0.15) is 11.6 Å². The highest BCUT2D eigenvalue weighted by Crippen LogP contribution is 2.33. The van der Waals surface area contributed by atoms with E-state index < -0.39 is 0 Å². The number of nitrogens with zero attached hydrogens (tertiary/aromatic N) is 1. The molecule has 2 aromatic carbocycles. The van der Waals surface area contributed by atoms with Crippen molar-refractivity contribution >= 4 is 5.91 Å². The van der Waals surface area contributed by atoms with Gasteiger partial charge in [-0.25, -0.2) is 8.78 Å². The molecule has 1 aliphatic rings. The van der Waals surface area contributed by atoms with E-state index in [-0.39, 0.29) is 23.6 Å². The Morgan fingerprint density at radius 1 is 0.952 bits per heavy atom. The van der Waals surface area contributed by atoms with E-state index in [4.69, 9.17) is 0 Å². The first kappa shape index (κ1) is 13.7. The molecule has 1 unspecified atom stereocenters. The third-order valence-corrected chi connectivity index (χ3v) is 3.86. The lowest BCUT2D eigenvalue weighted by Crippen LogP contribution is -2.30. The van der Waals surface area contributed by atoms with Gasteiger partial charge in [0.05, 0.1) is 6.04 Å². The Balaban J connectivity index is 1.85. The van der Waals surface area contributed by atoms with E-state index >= 15 is 0 Å². The van der Waals surface area contributed by atoms with Crippen molar-refractivity contribution < 1.29 is 13.6 Å². The Morgan fingerprint density at radius 3 is 2.14 bits per heavy atom. The fourth-order valence-corrected chi connectivity index (χ4v) is 2.80. The Morgan fingerprint density at radius 2 is 1.52 bits per heavy atom. The van der Waals surface area contributed by atoms with E-state index in [9.17, 15) is 13.6 Å². The van der Waals surface area contributed by atoms with Gasteiger partial charge in [-0.05, 0) is 54.8 Å². The van der Waals surface area contributed by atoms with Gasteiger partial charge in [-0.3, -0.25) is 4.79 Å². The van der Waals surface area contributed by atoms with Crippen LogP contribution in [0.4, 0.5) is 8.78 Å². The summed E-state index contributed by atoms with van der Waals surface area (Å²) in [6.07, 6.45) is 1.77. The minimum absolute atomic E-state index is 0.0387. The number of carbonyl (C=O) groups excluding carboxylic acids is 1. The fourth-order valence-electron chi connectivity index (χ4n) is 2.80. The molecule has 3 rings (SSSR count). The summed E-state index contributed by atoms with van der Waals surface area (Å²) in [6, 6.07) is 11.8. The lowest BCUT2D eigenvalue weighted by atomic mass is 10.0. The molecule has 1 atom stereocenters. The van der Waals surface area contributed by atoms with E-state index in [1.165, 1.54) is 36.4 Å². The summed E-state index contributed by atoms with van der Waals surface area (Å²) >= 11 is 0. The van der Waals surface area contributed by atoms with Crippen LogP contribution in [-0.2, 0) is 0 Å². The molecule has 1 amide bonds. The molecule has 1 saturated heterocycles. The van der Waals surface area contributed by atoms with Crippen molar-refractivity contribution in [2.75, 3.05) is 6.54 Å². The van der Waals surface area contributed by atoms with Gasteiger partial charge in [0.2, 0.25) is 0 Å². The van der Waals surface area contributed by atoms with E-state index in [1.807, 2.05) is 0 Å². The van der Waals surface area contributed by atoms with Crippen LogP contribution in [0, 0.1) is 11.6 Å². The minimum atomic E-state index is -0.358. The first-order valence-corrected chi connectivity index (χ1v) is 6.97. The molecule has 1 aliphatic heterocycles.